The molecule has 0 bridgehead atoms. The van der Waals surface area contributed by atoms with E-state index in [1.807, 2.05) is 0 Å². The largest absolute Gasteiger partial charge is 0.313 e. The summed E-state index contributed by atoms with van der Waals surface area (Å²) in [4.78, 5) is 2.57. The van der Waals surface area contributed by atoms with Crippen LogP contribution in [-0.2, 0) is 6.42 Å². The number of unbranched alkanes of at least 4 members (excludes halogenated alkanes) is 5. The summed E-state index contributed by atoms with van der Waals surface area (Å²) in [6.07, 6.45) is 9.07. The molecule has 0 aliphatic carbocycles. The highest BCUT2D eigenvalue weighted by atomic mass is 15.2. The summed E-state index contributed by atoms with van der Waals surface area (Å²) in [7, 11) is 0. The Morgan fingerprint density at radius 2 is 0.951 bits per heavy atom. The highest BCUT2D eigenvalue weighted by Crippen LogP contribution is 2.37. The van der Waals surface area contributed by atoms with Crippen molar-refractivity contribution in [3.05, 3.63) is 127 Å². The van der Waals surface area contributed by atoms with E-state index >= 15 is 0 Å². The predicted molar refractivity (Wildman–Crippen MR) is 180 cm³/mol. The Hall–Kier alpha value is -3.97. The lowest BCUT2D eigenvalue weighted by Gasteiger charge is -2.44. The minimum Gasteiger partial charge on any atom is -0.313 e. The van der Waals surface area contributed by atoms with E-state index in [0.29, 0.717) is 0 Å². The normalized spacial score (nSPS) is 13.0. The molecule has 7 rings (SSSR count). The van der Waals surface area contributed by atoms with Crippen LogP contribution in [0.3, 0.4) is 0 Å². The zero-order chi connectivity index (χ0) is 27.6. The lowest BCUT2D eigenvalue weighted by molar-refractivity contribution is 0.607. The Kier molecular flexibility index (Phi) is 7.28. The van der Waals surface area contributed by atoms with E-state index in [4.69, 9.17) is 0 Å². The van der Waals surface area contributed by atoms with Crippen molar-refractivity contribution in [3.8, 4) is 0 Å². The Bertz CT molecular complexity index is 1530. The zero-order valence-corrected chi connectivity index (χ0v) is 24.1. The molecule has 2 aliphatic heterocycles. The molecule has 0 fully saturated rings. The third-order valence-electron chi connectivity index (χ3n) is 9.14. The molecule has 0 radical (unpaired) electrons. The van der Waals surface area contributed by atoms with Crippen molar-refractivity contribution < 1.29 is 0 Å². The van der Waals surface area contributed by atoms with Crippen molar-refractivity contribution in [1.29, 1.82) is 0 Å². The van der Waals surface area contributed by atoms with Crippen LogP contribution in [0.15, 0.2) is 121 Å². The van der Waals surface area contributed by atoms with Gasteiger partial charge in [-0.3, -0.25) is 0 Å². The van der Waals surface area contributed by atoms with Crippen LogP contribution in [0, 0.1) is 0 Å². The Labute approximate surface area is 246 Å². The van der Waals surface area contributed by atoms with Crippen molar-refractivity contribution >= 4 is 63.3 Å². The maximum atomic E-state index is 2.57. The fourth-order valence-corrected chi connectivity index (χ4v) is 7.28. The van der Waals surface area contributed by atoms with Crippen molar-refractivity contribution in [2.45, 2.75) is 51.9 Å². The van der Waals surface area contributed by atoms with Gasteiger partial charge in [0.15, 0.2) is 0 Å². The fraction of sp³-hybridized carbons (Fsp3) is 0.211. The summed E-state index contributed by atoms with van der Waals surface area (Å²) < 4.78 is 0. The standard InChI is InChI=1S/C38H37B2N/c1-2-3-4-5-6-9-18-29-27-34-38-35(28-29)40(31-21-12-8-13-22-31)33-24-15-17-26-37(33)41(38)36-25-16-14-23-32(36)39(34)30-19-10-7-11-20-30/h7-8,10-17,19-28H,2-6,9,18H2,1H3. The molecule has 2 aliphatic rings. The van der Waals surface area contributed by atoms with E-state index in [1.165, 1.54) is 93.9 Å². The van der Waals surface area contributed by atoms with E-state index in [-0.39, 0.29) is 13.4 Å². The van der Waals surface area contributed by atoms with Crippen LogP contribution < -0.4 is 37.7 Å². The highest BCUT2D eigenvalue weighted by molar-refractivity contribution is 7.02. The molecule has 0 aromatic heterocycles. The van der Waals surface area contributed by atoms with Crippen LogP contribution in [0.4, 0.5) is 17.1 Å². The summed E-state index contributed by atoms with van der Waals surface area (Å²) >= 11 is 0. The minimum absolute atomic E-state index is 0.212. The number of benzene rings is 5. The van der Waals surface area contributed by atoms with Crippen molar-refractivity contribution in [2.24, 2.45) is 0 Å². The van der Waals surface area contributed by atoms with Crippen LogP contribution in [0.5, 0.6) is 0 Å². The molecule has 0 unspecified atom stereocenters. The third kappa shape index (κ3) is 4.72. The first-order valence-corrected chi connectivity index (χ1v) is 15.6. The second kappa shape index (κ2) is 11.5. The molecule has 0 N–H and O–H groups in total. The van der Waals surface area contributed by atoms with Gasteiger partial charge in [0.25, 0.3) is 0 Å². The monoisotopic (exact) mass is 529 g/mol. The maximum absolute atomic E-state index is 2.57. The summed E-state index contributed by atoms with van der Waals surface area (Å²) in [6, 6.07) is 45.6. The number of aryl methyl sites for hydroxylation is 1. The van der Waals surface area contributed by atoms with Crippen LogP contribution in [0.1, 0.15) is 51.0 Å². The smallest absolute Gasteiger partial charge is 0.246 e. The molecule has 0 amide bonds. The topological polar surface area (TPSA) is 3.24 Å². The van der Waals surface area contributed by atoms with E-state index in [0.717, 1.165) is 6.42 Å². The quantitative estimate of drug-likeness (QED) is 0.171. The molecular weight excluding hydrogens is 492 g/mol. The van der Waals surface area contributed by atoms with E-state index in [9.17, 15) is 0 Å². The Balaban J connectivity index is 1.44. The summed E-state index contributed by atoms with van der Waals surface area (Å²) in [6.45, 7) is 2.72. The number of hydrogen-bond donors (Lipinski definition) is 0. The molecule has 1 nitrogen and oxygen atoms in total. The molecule has 0 saturated heterocycles. The molecular formula is C38H37B2N. The first-order chi connectivity index (χ1) is 20.3. The van der Waals surface area contributed by atoms with Gasteiger partial charge in [0.05, 0.1) is 0 Å². The number of nitrogens with zero attached hydrogens (tertiary/aromatic N) is 1. The van der Waals surface area contributed by atoms with Gasteiger partial charge in [-0.15, -0.1) is 0 Å². The summed E-state index contributed by atoms with van der Waals surface area (Å²) in [5.74, 6) is 0. The summed E-state index contributed by atoms with van der Waals surface area (Å²) in [5, 5.41) is 0. The Morgan fingerprint density at radius 3 is 1.49 bits per heavy atom. The molecule has 5 aromatic rings. The molecule has 5 aromatic carbocycles. The fourth-order valence-electron chi connectivity index (χ4n) is 7.28. The first-order valence-electron chi connectivity index (χ1n) is 15.6. The Morgan fingerprint density at radius 1 is 0.488 bits per heavy atom. The van der Waals surface area contributed by atoms with Gasteiger partial charge in [-0.05, 0) is 52.4 Å². The molecule has 41 heavy (non-hydrogen) atoms. The number of para-hydroxylation sites is 2. The van der Waals surface area contributed by atoms with Crippen LogP contribution in [0.25, 0.3) is 0 Å². The van der Waals surface area contributed by atoms with E-state index < -0.39 is 0 Å². The number of rotatable bonds is 9. The number of anilines is 3. The molecule has 3 heteroatoms. The molecule has 2 heterocycles. The first kappa shape index (κ1) is 26.0. The lowest BCUT2D eigenvalue weighted by Crippen LogP contribution is -2.65. The van der Waals surface area contributed by atoms with Crippen molar-refractivity contribution in [1.82, 2.24) is 0 Å². The van der Waals surface area contributed by atoms with Crippen LogP contribution in [0.2, 0.25) is 0 Å². The van der Waals surface area contributed by atoms with Crippen molar-refractivity contribution in [2.75, 3.05) is 4.90 Å². The molecule has 0 atom stereocenters. The summed E-state index contributed by atoms with van der Waals surface area (Å²) in [5.41, 5.74) is 13.9. The van der Waals surface area contributed by atoms with Gasteiger partial charge in [0.2, 0.25) is 13.4 Å². The number of hydrogen-bond acceptors (Lipinski definition) is 1. The maximum Gasteiger partial charge on any atom is 0.246 e. The zero-order valence-electron chi connectivity index (χ0n) is 24.1. The van der Waals surface area contributed by atoms with Gasteiger partial charge in [0, 0.05) is 17.1 Å². The average Bonchev–Trinajstić information content (AvgIpc) is 3.03. The van der Waals surface area contributed by atoms with Crippen LogP contribution in [-0.4, -0.2) is 13.4 Å². The molecule has 0 spiro atoms. The average molecular weight is 529 g/mol. The van der Waals surface area contributed by atoms with Crippen LogP contribution >= 0.6 is 0 Å². The van der Waals surface area contributed by atoms with Gasteiger partial charge < -0.3 is 4.90 Å². The van der Waals surface area contributed by atoms with Gasteiger partial charge in [-0.25, -0.2) is 0 Å². The second-order valence-corrected chi connectivity index (χ2v) is 11.8. The molecule has 200 valence electrons. The second-order valence-electron chi connectivity index (χ2n) is 11.8. The predicted octanol–water partition coefficient (Wildman–Crippen LogP) is 5.72. The van der Waals surface area contributed by atoms with Gasteiger partial charge in [-0.1, -0.05) is 159 Å². The van der Waals surface area contributed by atoms with Crippen molar-refractivity contribution in [3.63, 3.8) is 0 Å². The van der Waals surface area contributed by atoms with Gasteiger partial charge in [-0.2, -0.15) is 0 Å². The van der Waals surface area contributed by atoms with E-state index in [1.54, 1.807) is 0 Å². The van der Waals surface area contributed by atoms with Gasteiger partial charge >= 0.3 is 0 Å². The SMILES string of the molecule is CCCCCCCCc1cc2c3c(c1)B(c1ccccc1)c1ccccc1N3c1ccccc1B2c1ccccc1. The molecule has 0 saturated carbocycles. The van der Waals surface area contributed by atoms with Gasteiger partial charge in [0.1, 0.15) is 0 Å². The highest BCUT2D eigenvalue weighted by Gasteiger charge is 2.43. The minimum atomic E-state index is 0.212. The number of fused-ring (bicyclic) bond motifs is 4. The third-order valence-corrected chi connectivity index (χ3v) is 9.14. The lowest BCUT2D eigenvalue weighted by atomic mass is 9.30. The van der Waals surface area contributed by atoms with E-state index in [2.05, 4.69) is 133 Å².